The predicted octanol–water partition coefficient (Wildman–Crippen LogP) is 6.46. The molecule has 0 spiro atoms. The van der Waals surface area contributed by atoms with E-state index in [4.69, 9.17) is 18.3 Å². The lowest BCUT2D eigenvalue weighted by atomic mass is 9.65. The van der Waals surface area contributed by atoms with Gasteiger partial charge in [-0.2, -0.15) is 0 Å². The van der Waals surface area contributed by atoms with E-state index < -0.39 is 11.3 Å². The molecule has 0 saturated heterocycles. The molecular formula is C30H28O6. The SMILES string of the molecule is COc1ccc2ccc(=O)oc2c1/C=C/[C@]1(C)CCC(C)=C[C@@H]1c1c(OC)ccc2ccc(=O)oc12. The Hall–Kier alpha value is -4.06. The Bertz CT molecular complexity index is 1640. The Balaban J connectivity index is 1.71. The first kappa shape index (κ1) is 23.7. The zero-order valence-electron chi connectivity index (χ0n) is 20.8. The number of methoxy groups -OCH3 is 2. The van der Waals surface area contributed by atoms with Gasteiger partial charge in [0.25, 0.3) is 0 Å². The van der Waals surface area contributed by atoms with E-state index in [0.29, 0.717) is 28.2 Å². The molecule has 184 valence electrons. The average molecular weight is 485 g/mol. The molecular weight excluding hydrogens is 456 g/mol. The summed E-state index contributed by atoms with van der Waals surface area (Å²) in [5, 5.41) is 1.65. The minimum Gasteiger partial charge on any atom is -0.496 e. The van der Waals surface area contributed by atoms with Gasteiger partial charge >= 0.3 is 11.3 Å². The monoisotopic (exact) mass is 484 g/mol. The number of hydrogen-bond acceptors (Lipinski definition) is 6. The van der Waals surface area contributed by atoms with Crippen molar-refractivity contribution in [1.82, 2.24) is 0 Å². The van der Waals surface area contributed by atoms with Crippen LogP contribution < -0.4 is 20.7 Å². The maximum Gasteiger partial charge on any atom is 0.336 e. The van der Waals surface area contributed by atoms with E-state index in [1.165, 1.54) is 17.7 Å². The van der Waals surface area contributed by atoms with E-state index in [9.17, 15) is 9.59 Å². The summed E-state index contributed by atoms with van der Waals surface area (Å²) in [7, 11) is 3.22. The van der Waals surface area contributed by atoms with Crippen LogP contribution in [0.2, 0.25) is 0 Å². The lowest BCUT2D eigenvalue weighted by Crippen LogP contribution is -2.26. The van der Waals surface area contributed by atoms with Crippen molar-refractivity contribution in [3.05, 3.63) is 98.2 Å². The van der Waals surface area contributed by atoms with Gasteiger partial charge < -0.3 is 18.3 Å². The number of allylic oxidation sites excluding steroid dienone is 3. The zero-order valence-corrected chi connectivity index (χ0v) is 20.8. The molecule has 0 saturated carbocycles. The van der Waals surface area contributed by atoms with Crippen molar-refractivity contribution >= 4 is 28.0 Å². The molecule has 0 fully saturated rings. The van der Waals surface area contributed by atoms with Crippen LogP contribution >= 0.6 is 0 Å². The molecule has 0 amide bonds. The summed E-state index contributed by atoms with van der Waals surface area (Å²) in [6.07, 6.45) is 8.14. The fourth-order valence-corrected chi connectivity index (χ4v) is 5.13. The van der Waals surface area contributed by atoms with Crippen LogP contribution in [0.25, 0.3) is 28.0 Å². The van der Waals surface area contributed by atoms with Crippen molar-refractivity contribution in [2.75, 3.05) is 14.2 Å². The van der Waals surface area contributed by atoms with Gasteiger partial charge in [0.2, 0.25) is 0 Å². The minimum atomic E-state index is -0.416. The van der Waals surface area contributed by atoms with Crippen LogP contribution in [0.15, 0.2) is 84.7 Å². The van der Waals surface area contributed by atoms with Gasteiger partial charge in [0, 0.05) is 34.4 Å². The first-order valence-corrected chi connectivity index (χ1v) is 11.9. The molecule has 2 atom stereocenters. The fourth-order valence-electron chi connectivity index (χ4n) is 5.13. The van der Waals surface area contributed by atoms with Crippen molar-refractivity contribution in [2.24, 2.45) is 5.41 Å². The van der Waals surface area contributed by atoms with Gasteiger partial charge in [0.15, 0.2) is 0 Å². The molecule has 0 bridgehead atoms. The van der Waals surface area contributed by atoms with Crippen molar-refractivity contribution in [2.45, 2.75) is 32.6 Å². The largest absolute Gasteiger partial charge is 0.496 e. The molecule has 2 aromatic carbocycles. The molecule has 2 aromatic heterocycles. The first-order chi connectivity index (χ1) is 17.3. The summed E-state index contributed by atoms with van der Waals surface area (Å²) in [4.78, 5) is 24.2. The minimum absolute atomic E-state index is 0.125. The molecule has 1 aliphatic rings. The first-order valence-electron chi connectivity index (χ1n) is 11.9. The summed E-state index contributed by atoms with van der Waals surface area (Å²) >= 11 is 0. The highest BCUT2D eigenvalue weighted by Crippen LogP contribution is 2.51. The van der Waals surface area contributed by atoms with E-state index in [2.05, 4.69) is 26.0 Å². The smallest absolute Gasteiger partial charge is 0.336 e. The van der Waals surface area contributed by atoms with Crippen molar-refractivity contribution < 1.29 is 18.3 Å². The topological polar surface area (TPSA) is 78.9 Å². The molecule has 1 aliphatic carbocycles. The van der Waals surface area contributed by atoms with Crippen molar-refractivity contribution in [3.8, 4) is 11.5 Å². The number of fused-ring (bicyclic) bond motifs is 2. The molecule has 0 N–H and O–H groups in total. The second kappa shape index (κ2) is 9.19. The van der Waals surface area contributed by atoms with Crippen LogP contribution in [0.1, 0.15) is 43.7 Å². The third-order valence-electron chi connectivity index (χ3n) is 7.18. The molecule has 6 heteroatoms. The van der Waals surface area contributed by atoms with Gasteiger partial charge in [-0.25, -0.2) is 9.59 Å². The van der Waals surface area contributed by atoms with Crippen LogP contribution in [0.3, 0.4) is 0 Å². The van der Waals surface area contributed by atoms with E-state index in [-0.39, 0.29) is 11.3 Å². The molecule has 36 heavy (non-hydrogen) atoms. The molecule has 4 aromatic rings. The maximum absolute atomic E-state index is 12.2. The Morgan fingerprint density at radius 2 is 1.44 bits per heavy atom. The summed E-state index contributed by atoms with van der Waals surface area (Å²) in [6, 6.07) is 13.9. The molecule has 0 aliphatic heterocycles. The normalized spacial score (nSPS) is 20.1. The number of ether oxygens (including phenoxy) is 2. The number of hydrogen-bond donors (Lipinski definition) is 0. The third kappa shape index (κ3) is 4.13. The van der Waals surface area contributed by atoms with Crippen LogP contribution in [0.4, 0.5) is 0 Å². The van der Waals surface area contributed by atoms with Crippen LogP contribution in [-0.2, 0) is 0 Å². The molecule has 2 heterocycles. The van der Waals surface area contributed by atoms with Crippen LogP contribution in [-0.4, -0.2) is 14.2 Å². The fraction of sp³-hybridized carbons (Fsp3) is 0.267. The lowest BCUT2D eigenvalue weighted by molar-refractivity contribution is 0.321. The van der Waals surface area contributed by atoms with Gasteiger partial charge in [-0.15, -0.1) is 0 Å². The zero-order chi connectivity index (χ0) is 25.4. The van der Waals surface area contributed by atoms with Gasteiger partial charge in [-0.1, -0.05) is 30.7 Å². The number of rotatable bonds is 5. The van der Waals surface area contributed by atoms with Gasteiger partial charge in [0.1, 0.15) is 22.7 Å². The second-order valence-corrected chi connectivity index (χ2v) is 9.54. The van der Waals surface area contributed by atoms with Crippen molar-refractivity contribution in [3.63, 3.8) is 0 Å². The van der Waals surface area contributed by atoms with E-state index >= 15 is 0 Å². The summed E-state index contributed by atoms with van der Waals surface area (Å²) in [6.45, 7) is 4.30. The molecule has 0 unspecified atom stereocenters. The molecule has 6 nitrogen and oxygen atoms in total. The lowest BCUT2D eigenvalue weighted by Gasteiger charge is -2.38. The number of benzene rings is 2. The van der Waals surface area contributed by atoms with Gasteiger partial charge in [-0.3, -0.25) is 0 Å². The summed E-state index contributed by atoms with van der Waals surface area (Å²) in [5.41, 5.74) is 2.64. The highest BCUT2D eigenvalue weighted by molar-refractivity contribution is 5.88. The highest BCUT2D eigenvalue weighted by Gasteiger charge is 2.38. The Morgan fingerprint density at radius 1 is 0.861 bits per heavy atom. The maximum atomic E-state index is 12.2. The van der Waals surface area contributed by atoms with Gasteiger partial charge in [-0.05, 0) is 61.6 Å². The summed E-state index contributed by atoms with van der Waals surface area (Å²) in [5.74, 6) is 1.16. The standard InChI is InChI=1S/C30H28O6/c1-18-13-15-30(2,16-14-21-23(33-3)9-5-19-7-11-25(31)35-28(19)21)22(17-18)27-24(34-4)10-6-20-8-12-26(32)36-29(20)27/h5-12,14,16-17,22H,13,15H2,1-4H3/b16-14+/t22-,30+/m1/s1. The second-order valence-electron chi connectivity index (χ2n) is 9.54. The quantitative estimate of drug-likeness (QED) is 0.239. The predicted molar refractivity (Wildman–Crippen MR) is 141 cm³/mol. The highest BCUT2D eigenvalue weighted by atomic mass is 16.5. The van der Waals surface area contributed by atoms with E-state index in [1.807, 2.05) is 30.3 Å². The average Bonchev–Trinajstić information content (AvgIpc) is 2.88. The third-order valence-corrected chi connectivity index (χ3v) is 7.18. The molecule has 5 rings (SSSR count). The molecule has 0 radical (unpaired) electrons. The Morgan fingerprint density at radius 3 is 2.11 bits per heavy atom. The van der Waals surface area contributed by atoms with Crippen molar-refractivity contribution in [1.29, 1.82) is 0 Å². The van der Waals surface area contributed by atoms with E-state index in [0.717, 1.165) is 29.2 Å². The Labute approximate surface area is 208 Å². The Kier molecular flexibility index (Phi) is 6.04. The van der Waals surface area contributed by atoms with E-state index in [1.54, 1.807) is 26.4 Å². The summed E-state index contributed by atoms with van der Waals surface area (Å²) < 4.78 is 22.7. The van der Waals surface area contributed by atoms with Crippen LogP contribution in [0.5, 0.6) is 11.5 Å². The van der Waals surface area contributed by atoms with Crippen LogP contribution in [0, 0.1) is 5.41 Å². The van der Waals surface area contributed by atoms with Gasteiger partial charge in [0.05, 0.1) is 19.8 Å².